The molecule has 1 aromatic carbocycles. The van der Waals surface area contributed by atoms with Gasteiger partial charge in [0.1, 0.15) is 5.75 Å². The van der Waals surface area contributed by atoms with Crippen molar-refractivity contribution in [2.24, 2.45) is 11.3 Å². The smallest absolute Gasteiger partial charge is 0.331 e. The van der Waals surface area contributed by atoms with Gasteiger partial charge in [0.2, 0.25) is 0 Å². The Hall–Kier alpha value is -1.99. The van der Waals surface area contributed by atoms with Crippen LogP contribution in [0.5, 0.6) is 5.75 Å². The van der Waals surface area contributed by atoms with Crippen LogP contribution in [0.25, 0.3) is 0 Å². The molecule has 2 amide bonds. The molecular formula is C20H32N4O3. The third kappa shape index (κ3) is 4.47. The number of carbonyl (C=O) groups excluding carboxylic acids is 1. The van der Waals surface area contributed by atoms with Crippen molar-refractivity contribution in [3.05, 3.63) is 24.3 Å². The molecule has 0 spiro atoms. The lowest BCUT2D eigenvalue weighted by molar-refractivity contribution is 0.183. The quantitative estimate of drug-likeness (QED) is 0.522. The van der Waals surface area contributed by atoms with Crippen molar-refractivity contribution in [3.8, 4) is 5.75 Å². The fourth-order valence-electron chi connectivity index (χ4n) is 4.46. The van der Waals surface area contributed by atoms with Crippen LogP contribution < -0.4 is 20.5 Å². The van der Waals surface area contributed by atoms with Crippen LogP contribution in [0, 0.1) is 11.3 Å². The highest BCUT2D eigenvalue weighted by atomic mass is 16.5. The Morgan fingerprint density at radius 2 is 2.00 bits per heavy atom. The molecule has 3 aliphatic heterocycles. The first kappa shape index (κ1) is 19.8. The Balaban J connectivity index is 1.77. The van der Waals surface area contributed by atoms with E-state index < -0.39 is 0 Å². The van der Waals surface area contributed by atoms with Gasteiger partial charge in [0.25, 0.3) is 0 Å². The van der Waals surface area contributed by atoms with Crippen molar-refractivity contribution in [2.45, 2.75) is 33.2 Å². The van der Waals surface area contributed by atoms with Gasteiger partial charge in [-0.1, -0.05) is 13.8 Å². The molecule has 2 bridgehead atoms. The van der Waals surface area contributed by atoms with Crippen LogP contribution in [-0.2, 0) is 0 Å². The van der Waals surface area contributed by atoms with E-state index in [0.717, 1.165) is 25.3 Å². The molecule has 4 rings (SSSR count). The van der Waals surface area contributed by atoms with Crippen LogP contribution in [0.15, 0.2) is 24.3 Å². The fraction of sp³-hybridized carbons (Fsp3) is 0.650. The number of nitrogens with zero attached hydrogens (tertiary/aromatic N) is 2. The number of carbonyl (C=O) groups is 1. The lowest BCUT2D eigenvalue weighted by atomic mass is 9.73. The molecule has 3 saturated heterocycles. The van der Waals surface area contributed by atoms with E-state index in [-0.39, 0.29) is 24.1 Å². The average Bonchev–Trinajstić information content (AvgIpc) is 2.90. The van der Waals surface area contributed by atoms with Crippen LogP contribution in [0.1, 0.15) is 27.2 Å². The predicted octanol–water partition coefficient (Wildman–Crippen LogP) is 1.83. The monoisotopic (exact) mass is 376 g/mol. The first-order chi connectivity index (χ1) is 12.9. The van der Waals surface area contributed by atoms with Gasteiger partial charge in [-0.2, -0.15) is 0 Å². The number of hydrogen-bond donors (Lipinski definition) is 3. The van der Waals surface area contributed by atoms with Crippen LogP contribution >= 0.6 is 0 Å². The van der Waals surface area contributed by atoms with Crippen LogP contribution in [0.4, 0.5) is 10.5 Å². The topological polar surface area (TPSA) is 77.1 Å². The van der Waals surface area contributed by atoms with Crippen molar-refractivity contribution in [1.29, 1.82) is 0 Å². The highest BCUT2D eigenvalue weighted by Crippen LogP contribution is 2.43. The largest absolute Gasteiger partial charge is 0.494 e. The van der Waals surface area contributed by atoms with Gasteiger partial charge < -0.3 is 19.6 Å². The number of aliphatic hydroxyl groups is 1. The standard InChI is InChI=1S/C20H32N4O3/c1-4-27-17-7-5-16(6-8-17)24-13-15-11-20(2,3)18(24)14-23(12-15)19(26)22-21-9-10-25/h5-8,15,18,21,25H,4,9-14H2,1-3H3,(H,22,26). The molecule has 27 heavy (non-hydrogen) atoms. The summed E-state index contributed by atoms with van der Waals surface area (Å²) in [6.07, 6.45) is 1.11. The normalized spacial score (nSPS) is 23.9. The highest BCUT2D eigenvalue weighted by Gasteiger charge is 2.46. The third-order valence-electron chi connectivity index (χ3n) is 5.62. The Morgan fingerprint density at radius 1 is 1.26 bits per heavy atom. The second-order valence-corrected chi connectivity index (χ2v) is 8.14. The number of aliphatic hydroxyl groups excluding tert-OH is 1. The maximum absolute atomic E-state index is 12.6. The molecule has 0 aliphatic carbocycles. The molecule has 3 heterocycles. The number of fused-ring (bicyclic) bond motifs is 4. The van der Waals surface area contributed by atoms with Gasteiger partial charge in [0.05, 0.1) is 19.3 Å². The molecule has 7 heteroatoms. The summed E-state index contributed by atoms with van der Waals surface area (Å²) in [6, 6.07) is 8.41. The van der Waals surface area contributed by atoms with E-state index >= 15 is 0 Å². The molecule has 0 aromatic heterocycles. The molecule has 1 aromatic rings. The highest BCUT2D eigenvalue weighted by molar-refractivity contribution is 5.74. The number of rotatable bonds is 6. The van der Waals surface area contributed by atoms with E-state index in [1.165, 1.54) is 5.69 Å². The molecule has 3 N–H and O–H groups in total. The number of ether oxygens (including phenoxy) is 1. The Bertz CT molecular complexity index is 635. The zero-order chi connectivity index (χ0) is 19.4. The summed E-state index contributed by atoms with van der Waals surface area (Å²) in [5.41, 5.74) is 6.76. The first-order valence-corrected chi connectivity index (χ1v) is 9.82. The second kappa shape index (κ2) is 8.35. The zero-order valence-electron chi connectivity index (χ0n) is 16.6. The number of anilines is 1. The van der Waals surface area contributed by atoms with Crippen molar-refractivity contribution in [3.63, 3.8) is 0 Å². The number of hydrogen-bond acceptors (Lipinski definition) is 5. The maximum atomic E-state index is 12.6. The summed E-state index contributed by atoms with van der Waals surface area (Å²) in [7, 11) is 0. The molecule has 7 nitrogen and oxygen atoms in total. The van der Waals surface area contributed by atoms with Crippen molar-refractivity contribution < 1.29 is 14.6 Å². The van der Waals surface area contributed by atoms with Gasteiger partial charge in [-0.05, 0) is 48.9 Å². The minimum atomic E-state index is -0.121. The third-order valence-corrected chi connectivity index (χ3v) is 5.62. The minimum absolute atomic E-state index is 0.00984. The second-order valence-electron chi connectivity index (χ2n) is 8.14. The lowest BCUT2D eigenvalue weighted by Gasteiger charge is -2.48. The number of amides is 2. The van der Waals surface area contributed by atoms with E-state index in [2.05, 4.69) is 41.7 Å². The molecular weight excluding hydrogens is 344 g/mol. The van der Waals surface area contributed by atoms with Gasteiger partial charge in [-0.25, -0.2) is 10.2 Å². The van der Waals surface area contributed by atoms with E-state index in [4.69, 9.17) is 9.84 Å². The number of hydrazine groups is 1. The van der Waals surface area contributed by atoms with Crippen molar-refractivity contribution >= 4 is 11.7 Å². The molecule has 3 fully saturated rings. The molecule has 2 unspecified atom stereocenters. The summed E-state index contributed by atoms with van der Waals surface area (Å²) in [6.45, 7) is 9.97. The number of benzene rings is 1. The molecule has 0 radical (unpaired) electrons. The number of urea groups is 1. The van der Waals surface area contributed by atoms with Gasteiger partial charge in [0, 0.05) is 31.9 Å². The Morgan fingerprint density at radius 3 is 2.67 bits per heavy atom. The fourth-order valence-corrected chi connectivity index (χ4v) is 4.46. The molecule has 0 saturated carbocycles. The van der Waals surface area contributed by atoms with Crippen molar-refractivity contribution in [2.75, 3.05) is 44.3 Å². The number of nitrogens with one attached hydrogen (secondary N) is 2. The molecule has 3 aliphatic rings. The summed E-state index contributed by atoms with van der Waals surface area (Å²) >= 11 is 0. The Kier molecular flexibility index (Phi) is 6.11. The lowest BCUT2D eigenvalue weighted by Crippen LogP contribution is -2.55. The summed E-state index contributed by atoms with van der Waals surface area (Å²) in [5, 5.41) is 8.87. The minimum Gasteiger partial charge on any atom is -0.494 e. The van der Waals surface area contributed by atoms with Gasteiger partial charge in [-0.3, -0.25) is 5.43 Å². The summed E-state index contributed by atoms with van der Waals surface area (Å²) < 4.78 is 5.57. The first-order valence-electron chi connectivity index (χ1n) is 9.82. The molecule has 150 valence electrons. The maximum Gasteiger partial charge on any atom is 0.331 e. The Labute approximate surface area is 161 Å². The van der Waals surface area contributed by atoms with E-state index in [1.54, 1.807) is 0 Å². The average molecular weight is 377 g/mol. The SMILES string of the molecule is CCOc1ccc(N2CC3CN(C(=O)NNCCO)CC2C(C)(C)C3)cc1. The van der Waals surface area contributed by atoms with Crippen molar-refractivity contribution in [1.82, 2.24) is 15.8 Å². The van der Waals surface area contributed by atoms with E-state index in [0.29, 0.717) is 25.6 Å². The van der Waals surface area contributed by atoms with Crippen LogP contribution in [0.3, 0.4) is 0 Å². The zero-order valence-corrected chi connectivity index (χ0v) is 16.6. The van der Waals surface area contributed by atoms with Gasteiger partial charge in [-0.15, -0.1) is 0 Å². The number of piperidine rings is 1. The summed E-state index contributed by atoms with van der Waals surface area (Å²) in [5.74, 6) is 1.31. The van der Waals surface area contributed by atoms with Crippen LogP contribution in [0.2, 0.25) is 0 Å². The van der Waals surface area contributed by atoms with E-state index in [1.807, 2.05) is 24.0 Å². The van der Waals surface area contributed by atoms with Crippen LogP contribution in [-0.4, -0.2) is 61.5 Å². The predicted molar refractivity (Wildman–Crippen MR) is 106 cm³/mol. The van der Waals surface area contributed by atoms with Gasteiger partial charge in [0.15, 0.2) is 0 Å². The summed E-state index contributed by atoms with van der Waals surface area (Å²) in [4.78, 5) is 16.9. The van der Waals surface area contributed by atoms with E-state index in [9.17, 15) is 4.79 Å². The van der Waals surface area contributed by atoms with Gasteiger partial charge >= 0.3 is 6.03 Å². The molecule has 2 atom stereocenters.